The van der Waals surface area contributed by atoms with E-state index in [0.29, 0.717) is 12.6 Å². The number of pyridine rings is 1. The van der Waals surface area contributed by atoms with Crippen LogP contribution in [0.4, 0.5) is 0 Å². The molecule has 1 fully saturated rings. The maximum Gasteiger partial charge on any atom is 0.226 e. The predicted octanol–water partition coefficient (Wildman–Crippen LogP) is 3.62. The van der Waals surface area contributed by atoms with Crippen LogP contribution in [0, 0.1) is 13.8 Å². The second-order valence-corrected chi connectivity index (χ2v) is 8.62. The molecule has 1 aromatic carbocycles. The molecule has 4 heterocycles. The fraction of sp³-hybridized carbons (Fsp3) is 0.417. The molecular formula is C24H28N4O. The summed E-state index contributed by atoms with van der Waals surface area (Å²) in [7, 11) is 0. The molecule has 29 heavy (non-hydrogen) atoms. The number of nitrogens with zero attached hydrogens (tertiary/aromatic N) is 3. The van der Waals surface area contributed by atoms with E-state index in [4.69, 9.17) is 5.73 Å². The van der Waals surface area contributed by atoms with E-state index in [2.05, 4.69) is 39.6 Å². The molecule has 0 spiro atoms. The van der Waals surface area contributed by atoms with Crippen molar-refractivity contribution in [1.29, 1.82) is 0 Å². The number of aromatic nitrogens is 2. The number of nitrogens with two attached hydrogens (primary N) is 1. The average Bonchev–Trinajstić information content (AvgIpc) is 3.29. The van der Waals surface area contributed by atoms with Crippen LogP contribution in [0.1, 0.15) is 52.9 Å². The quantitative estimate of drug-likeness (QED) is 0.742. The molecule has 1 amide bonds. The minimum atomic E-state index is -0.384. The van der Waals surface area contributed by atoms with Gasteiger partial charge in [0.2, 0.25) is 5.91 Å². The van der Waals surface area contributed by atoms with Gasteiger partial charge in [0.25, 0.3) is 0 Å². The highest BCUT2D eigenvalue weighted by Crippen LogP contribution is 2.43. The van der Waals surface area contributed by atoms with Gasteiger partial charge in [-0.1, -0.05) is 17.7 Å². The summed E-state index contributed by atoms with van der Waals surface area (Å²) in [5.41, 5.74) is 13.1. The van der Waals surface area contributed by atoms with Gasteiger partial charge >= 0.3 is 0 Å². The van der Waals surface area contributed by atoms with Gasteiger partial charge in [-0.3, -0.25) is 14.7 Å². The summed E-state index contributed by atoms with van der Waals surface area (Å²) in [5.74, 6) is -0.678. The Kier molecular flexibility index (Phi) is 4.43. The molecule has 5 rings (SSSR count). The number of carbonyl (C=O) groups is 1. The second kappa shape index (κ2) is 6.99. The molecule has 5 nitrogen and oxygen atoms in total. The first-order valence-electron chi connectivity index (χ1n) is 10.6. The van der Waals surface area contributed by atoms with E-state index in [0.717, 1.165) is 24.2 Å². The van der Waals surface area contributed by atoms with Crippen molar-refractivity contribution in [2.24, 2.45) is 5.73 Å². The van der Waals surface area contributed by atoms with Crippen molar-refractivity contribution in [3.05, 3.63) is 64.6 Å². The predicted molar refractivity (Wildman–Crippen MR) is 115 cm³/mol. The summed E-state index contributed by atoms with van der Waals surface area (Å²) < 4.78 is 2.37. The van der Waals surface area contributed by atoms with Gasteiger partial charge in [0, 0.05) is 54.0 Å². The first-order chi connectivity index (χ1) is 14.0. The second-order valence-electron chi connectivity index (χ2n) is 8.62. The normalized spacial score (nSPS) is 19.9. The lowest BCUT2D eigenvalue weighted by Gasteiger charge is -2.31. The Morgan fingerprint density at radius 2 is 2.10 bits per heavy atom. The van der Waals surface area contributed by atoms with Crippen molar-refractivity contribution < 1.29 is 4.79 Å². The number of aryl methyl sites for hydroxylation is 2. The molecule has 3 aromatic rings. The lowest BCUT2D eigenvalue weighted by atomic mass is 9.95. The minimum Gasteiger partial charge on any atom is -0.369 e. The van der Waals surface area contributed by atoms with Crippen LogP contribution in [0.15, 0.2) is 36.5 Å². The van der Waals surface area contributed by atoms with E-state index in [1.54, 1.807) is 6.20 Å². The number of rotatable bonds is 4. The van der Waals surface area contributed by atoms with Gasteiger partial charge in [-0.15, -0.1) is 0 Å². The average molecular weight is 389 g/mol. The molecule has 2 unspecified atom stereocenters. The summed E-state index contributed by atoms with van der Waals surface area (Å²) >= 11 is 0. The van der Waals surface area contributed by atoms with Crippen LogP contribution in [-0.4, -0.2) is 33.4 Å². The topological polar surface area (TPSA) is 64.1 Å². The van der Waals surface area contributed by atoms with Crippen LogP contribution < -0.4 is 5.73 Å². The van der Waals surface area contributed by atoms with Crippen molar-refractivity contribution >= 4 is 16.8 Å². The first kappa shape index (κ1) is 18.4. The maximum absolute atomic E-state index is 12.4. The van der Waals surface area contributed by atoms with Crippen molar-refractivity contribution in [3.8, 4) is 0 Å². The van der Waals surface area contributed by atoms with Crippen molar-refractivity contribution in [2.75, 3.05) is 13.1 Å². The Bertz CT molecular complexity index is 1080. The van der Waals surface area contributed by atoms with E-state index < -0.39 is 0 Å². The lowest BCUT2D eigenvalue weighted by Crippen LogP contribution is -2.32. The van der Waals surface area contributed by atoms with Gasteiger partial charge in [-0.05, 0) is 62.6 Å². The summed E-state index contributed by atoms with van der Waals surface area (Å²) in [4.78, 5) is 19.4. The van der Waals surface area contributed by atoms with Crippen LogP contribution >= 0.6 is 0 Å². The molecule has 150 valence electrons. The summed E-state index contributed by atoms with van der Waals surface area (Å²) in [6, 6.07) is 11.2. The minimum absolute atomic E-state index is 0.295. The third-order valence-corrected chi connectivity index (χ3v) is 6.75. The van der Waals surface area contributed by atoms with E-state index in [-0.39, 0.29) is 11.8 Å². The molecule has 0 saturated carbocycles. The Morgan fingerprint density at radius 3 is 2.86 bits per heavy atom. The Balaban J connectivity index is 1.65. The van der Waals surface area contributed by atoms with Gasteiger partial charge in [0.05, 0.1) is 5.92 Å². The summed E-state index contributed by atoms with van der Waals surface area (Å²) in [5, 5.41) is 1.35. The van der Waals surface area contributed by atoms with Crippen LogP contribution in [0.25, 0.3) is 10.9 Å². The zero-order chi connectivity index (χ0) is 20.1. The third-order valence-electron chi connectivity index (χ3n) is 6.75. The van der Waals surface area contributed by atoms with E-state index in [9.17, 15) is 4.79 Å². The fourth-order valence-electron chi connectivity index (χ4n) is 5.30. The van der Waals surface area contributed by atoms with E-state index in [1.165, 1.54) is 47.1 Å². The highest BCUT2D eigenvalue weighted by Gasteiger charge is 2.36. The first-order valence-corrected chi connectivity index (χ1v) is 10.6. The zero-order valence-electron chi connectivity index (χ0n) is 17.2. The van der Waals surface area contributed by atoms with Crippen LogP contribution in [-0.2, 0) is 17.8 Å². The Hall–Kier alpha value is -2.66. The van der Waals surface area contributed by atoms with Crippen LogP contribution in [0.3, 0.4) is 0 Å². The lowest BCUT2D eigenvalue weighted by molar-refractivity contribution is -0.119. The van der Waals surface area contributed by atoms with Gasteiger partial charge in [-0.2, -0.15) is 0 Å². The molecule has 1 saturated heterocycles. The van der Waals surface area contributed by atoms with Crippen LogP contribution in [0.2, 0.25) is 0 Å². The Labute approximate surface area is 171 Å². The molecule has 0 bridgehead atoms. The van der Waals surface area contributed by atoms with Gasteiger partial charge in [-0.25, -0.2) is 0 Å². The molecule has 2 N–H and O–H groups in total. The van der Waals surface area contributed by atoms with Crippen molar-refractivity contribution in [1.82, 2.24) is 14.5 Å². The number of amides is 1. The molecule has 0 aliphatic carbocycles. The smallest absolute Gasteiger partial charge is 0.226 e. The van der Waals surface area contributed by atoms with Crippen molar-refractivity contribution in [3.63, 3.8) is 0 Å². The van der Waals surface area contributed by atoms with Gasteiger partial charge in [0.1, 0.15) is 0 Å². The number of hydrogen-bond donors (Lipinski definition) is 1. The molecule has 2 aliphatic heterocycles. The molecular weight excluding hydrogens is 360 g/mol. The largest absolute Gasteiger partial charge is 0.369 e. The number of primary amides is 1. The van der Waals surface area contributed by atoms with Crippen molar-refractivity contribution in [2.45, 2.75) is 51.6 Å². The highest BCUT2D eigenvalue weighted by molar-refractivity contribution is 5.88. The summed E-state index contributed by atoms with van der Waals surface area (Å²) in [6.07, 6.45) is 5.31. The number of hydrogen-bond acceptors (Lipinski definition) is 3. The monoisotopic (exact) mass is 388 g/mol. The highest BCUT2D eigenvalue weighted by atomic mass is 16.1. The standard InChI is InChI=1S/C24H28N4O/c1-15-5-8-20-18(12-15)23-21-4-3-10-27(21)11-9-22(23)28(20)14-19(24(25)29)17-7-6-16(2)26-13-17/h5-8,12-13,19,21H,3-4,9-11,14H2,1-2H3,(H2,25,29). The number of carbonyl (C=O) groups excluding carboxylic acids is 1. The zero-order valence-corrected chi connectivity index (χ0v) is 17.2. The fourth-order valence-corrected chi connectivity index (χ4v) is 5.30. The maximum atomic E-state index is 12.4. The molecule has 0 radical (unpaired) electrons. The van der Waals surface area contributed by atoms with Gasteiger partial charge < -0.3 is 10.3 Å². The van der Waals surface area contributed by atoms with E-state index in [1.807, 2.05) is 19.1 Å². The van der Waals surface area contributed by atoms with Crippen LogP contribution in [0.5, 0.6) is 0 Å². The third kappa shape index (κ3) is 3.04. The molecule has 2 aliphatic rings. The molecule has 5 heteroatoms. The van der Waals surface area contributed by atoms with Gasteiger partial charge in [0.15, 0.2) is 0 Å². The SMILES string of the molecule is Cc1ccc2c(c1)c1c(n2CC(C(N)=O)c2ccc(C)nc2)CCN2CCCC12. The summed E-state index contributed by atoms with van der Waals surface area (Å²) in [6.45, 7) is 6.97. The molecule has 2 atom stereocenters. The van der Waals surface area contributed by atoms with E-state index >= 15 is 0 Å². The number of fused-ring (bicyclic) bond motifs is 5. The molecule has 2 aromatic heterocycles. The Morgan fingerprint density at radius 1 is 1.24 bits per heavy atom. The number of benzene rings is 1.